The highest BCUT2D eigenvalue weighted by Crippen LogP contribution is 2.39. The number of aliphatic hydroxyl groups is 1. The third-order valence-corrected chi connectivity index (χ3v) is 5.91. The number of fused-ring (bicyclic) bond motifs is 2. The highest BCUT2D eigenvalue weighted by atomic mass is 19.1. The number of carbonyl (C=O) groups excluding carboxylic acids is 1. The van der Waals surface area contributed by atoms with Crippen molar-refractivity contribution >= 4 is 16.9 Å². The van der Waals surface area contributed by atoms with Crippen molar-refractivity contribution < 1.29 is 23.4 Å². The lowest BCUT2D eigenvalue weighted by Gasteiger charge is -2.27. The smallest absolute Gasteiger partial charge is 0.291 e. The fourth-order valence-electron chi connectivity index (χ4n) is 4.28. The number of aliphatic hydroxyl groups excluding tert-OH is 1. The molecule has 1 amide bonds. The van der Waals surface area contributed by atoms with E-state index in [1.165, 1.54) is 17.0 Å². The van der Waals surface area contributed by atoms with Crippen LogP contribution in [0.1, 0.15) is 39.4 Å². The molecule has 5 rings (SSSR count). The summed E-state index contributed by atoms with van der Waals surface area (Å²) in [7, 11) is 1.54. The van der Waals surface area contributed by atoms with E-state index in [0.29, 0.717) is 16.9 Å². The first-order chi connectivity index (χ1) is 16.0. The van der Waals surface area contributed by atoms with Gasteiger partial charge in [-0.25, -0.2) is 4.39 Å². The highest BCUT2D eigenvalue weighted by molar-refractivity contribution is 5.99. The van der Waals surface area contributed by atoms with Gasteiger partial charge in [0, 0.05) is 0 Å². The van der Waals surface area contributed by atoms with E-state index in [-0.39, 0.29) is 28.8 Å². The highest BCUT2D eigenvalue weighted by Gasteiger charge is 2.43. The van der Waals surface area contributed by atoms with Gasteiger partial charge in [-0.1, -0.05) is 42.5 Å². The molecule has 6 nitrogen and oxygen atoms in total. The van der Waals surface area contributed by atoms with Gasteiger partial charge in [-0.2, -0.15) is 0 Å². The van der Waals surface area contributed by atoms with Crippen LogP contribution >= 0.6 is 0 Å². The van der Waals surface area contributed by atoms with Gasteiger partial charge in [0.25, 0.3) is 5.91 Å². The Kier molecular flexibility index (Phi) is 5.18. The van der Waals surface area contributed by atoms with E-state index < -0.39 is 29.3 Å². The molecule has 1 aliphatic heterocycles. The average molecular weight is 445 g/mol. The van der Waals surface area contributed by atoms with Crippen molar-refractivity contribution in [3.63, 3.8) is 0 Å². The minimum atomic E-state index is -0.979. The number of β-amino-alcohol motifs (C(OH)–C–C–N with tert-alkyl or cyclic N) is 1. The van der Waals surface area contributed by atoms with Crippen LogP contribution in [0.4, 0.5) is 4.39 Å². The Morgan fingerprint density at radius 3 is 2.48 bits per heavy atom. The SMILES string of the molecule is COc1ccc(C2c3c(oc4ccc(F)cc4c3=O)C(=O)N2CC(O)c2ccccc2)cc1. The van der Waals surface area contributed by atoms with Crippen LogP contribution in [0.2, 0.25) is 0 Å². The van der Waals surface area contributed by atoms with E-state index in [0.717, 1.165) is 6.07 Å². The van der Waals surface area contributed by atoms with Gasteiger partial charge in [0.1, 0.15) is 17.1 Å². The molecule has 2 heterocycles. The van der Waals surface area contributed by atoms with Crippen molar-refractivity contribution in [3.8, 4) is 5.75 Å². The molecular formula is C26H20FNO5. The zero-order chi connectivity index (χ0) is 23.1. The number of nitrogens with zero attached hydrogens (tertiary/aromatic N) is 1. The number of hydrogen-bond donors (Lipinski definition) is 1. The Morgan fingerprint density at radius 2 is 1.79 bits per heavy atom. The lowest BCUT2D eigenvalue weighted by Crippen LogP contribution is -2.33. The van der Waals surface area contributed by atoms with E-state index in [1.807, 2.05) is 6.07 Å². The maximum atomic E-state index is 13.9. The molecule has 0 aliphatic carbocycles. The Bertz CT molecular complexity index is 1400. The molecule has 0 saturated heterocycles. The number of hydrogen-bond acceptors (Lipinski definition) is 5. The van der Waals surface area contributed by atoms with Crippen molar-refractivity contribution in [3.05, 3.63) is 111 Å². The van der Waals surface area contributed by atoms with Crippen molar-refractivity contribution in [2.75, 3.05) is 13.7 Å². The summed E-state index contributed by atoms with van der Waals surface area (Å²) in [6, 6.07) is 18.7. The van der Waals surface area contributed by atoms with Gasteiger partial charge >= 0.3 is 0 Å². The van der Waals surface area contributed by atoms with Crippen molar-refractivity contribution in [2.45, 2.75) is 12.1 Å². The molecule has 2 atom stereocenters. The molecule has 3 aromatic carbocycles. The second-order valence-corrected chi connectivity index (χ2v) is 7.87. The predicted octanol–water partition coefficient (Wildman–Crippen LogP) is 4.22. The van der Waals surface area contributed by atoms with Gasteiger partial charge < -0.3 is 19.2 Å². The van der Waals surface area contributed by atoms with Crippen LogP contribution in [-0.4, -0.2) is 29.6 Å². The number of benzene rings is 3. The van der Waals surface area contributed by atoms with Crippen LogP contribution in [0.5, 0.6) is 5.75 Å². The van der Waals surface area contributed by atoms with Crippen molar-refractivity contribution in [1.29, 1.82) is 0 Å². The Labute approximate surface area is 188 Å². The summed E-state index contributed by atoms with van der Waals surface area (Å²) in [6.45, 7) is -0.0616. The zero-order valence-electron chi connectivity index (χ0n) is 17.7. The minimum absolute atomic E-state index is 0.0607. The fraction of sp³-hybridized carbons (Fsp3) is 0.154. The number of ether oxygens (including phenoxy) is 1. The molecule has 1 N–H and O–H groups in total. The molecule has 2 unspecified atom stereocenters. The third-order valence-electron chi connectivity index (χ3n) is 5.91. The normalized spacial score (nSPS) is 16.2. The summed E-state index contributed by atoms with van der Waals surface area (Å²) in [5, 5.41) is 10.9. The van der Waals surface area contributed by atoms with E-state index in [9.17, 15) is 19.1 Å². The monoisotopic (exact) mass is 445 g/mol. The predicted molar refractivity (Wildman–Crippen MR) is 120 cm³/mol. The van der Waals surface area contributed by atoms with Crippen LogP contribution in [-0.2, 0) is 0 Å². The van der Waals surface area contributed by atoms with Gasteiger partial charge in [-0.3, -0.25) is 9.59 Å². The summed E-state index contributed by atoms with van der Waals surface area (Å²) in [6.07, 6.45) is -0.979. The largest absolute Gasteiger partial charge is 0.497 e. The second-order valence-electron chi connectivity index (χ2n) is 7.87. The van der Waals surface area contributed by atoms with Crippen LogP contribution in [0.25, 0.3) is 11.0 Å². The lowest BCUT2D eigenvalue weighted by molar-refractivity contribution is 0.0583. The van der Waals surface area contributed by atoms with Gasteiger partial charge in [0.05, 0.1) is 36.8 Å². The molecule has 0 radical (unpaired) electrons. The summed E-state index contributed by atoms with van der Waals surface area (Å²) in [4.78, 5) is 28.3. The minimum Gasteiger partial charge on any atom is -0.497 e. The molecule has 33 heavy (non-hydrogen) atoms. The molecule has 0 saturated carbocycles. The molecular weight excluding hydrogens is 425 g/mol. The van der Waals surface area contributed by atoms with E-state index in [4.69, 9.17) is 9.15 Å². The second kappa shape index (κ2) is 8.18. The van der Waals surface area contributed by atoms with Gasteiger partial charge in [-0.05, 0) is 41.5 Å². The summed E-state index contributed by atoms with van der Waals surface area (Å²) in [5.41, 5.74) is 1.07. The number of carbonyl (C=O) groups is 1. The first kappa shape index (κ1) is 20.9. The Morgan fingerprint density at radius 1 is 1.06 bits per heavy atom. The maximum absolute atomic E-state index is 13.9. The number of methoxy groups -OCH3 is 1. The number of amides is 1. The first-order valence-electron chi connectivity index (χ1n) is 10.4. The Balaban J connectivity index is 1.67. The van der Waals surface area contributed by atoms with Crippen molar-refractivity contribution in [2.24, 2.45) is 0 Å². The van der Waals surface area contributed by atoms with Crippen LogP contribution < -0.4 is 10.2 Å². The third kappa shape index (κ3) is 3.56. The maximum Gasteiger partial charge on any atom is 0.291 e. The molecule has 0 spiro atoms. The van der Waals surface area contributed by atoms with Crippen LogP contribution in [0.15, 0.2) is 82.0 Å². The summed E-state index contributed by atoms with van der Waals surface area (Å²) < 4.78 is 24.9. The zero-order valence-corrected chi connectivity index (χ0v) is 17.7. The molecule has 4 aromatic rings. The fourth-order valence-corrected chi connectivity index (χ4v) is 4.28. The quantitative estimate of drug-likeness (QED) is 0.498. The molecule has 1 aromatic heterocycles. The van der Waals surface area contributed by atoms with Gasteiger partial charge in [0.15, 0.2) is 5.43 Å². The van der Waals surface area contributed by atoms with E-state index in [1.54, 1.807) is 55.6 Å². The first-order valence-corrected chi connectivity index (χ1v) is 10.4. The van der Waals surface area contributed by atoms with Crippen LogP contribution in [0.3, 0.4) is 0 Å². The molecule has 1 aliphatic rings. The van der Waals surface area contributed by atoms with Crippen LogP contribution in [0, 0.1) is 5.82 Å². The topological polar surface area (TPSA) is 80.0 Å². The van der Waals surface area contributed by atoms with Gasteiger partial charge in [-0.15, -0.1) is 0 Å². The molecule has 0 bridgehead atoms. The number of halogens is 1. The van der Waals surface area contributed by atoms with E-state index in [2.05, 4.69) is 0 Å². The Hall–Kier alpha value is -3.97. The summed E-state index contributed by atoms with van der Waals surface area (Å²) >= 11 is 0. The van der Waals surface area contributed by atoms with E-state index >= 15 is 0 Å². The molecule has 166 valence electrons. The standard InChI is InChI=1S/C26H20FNO5/c1-32-18-10-7-16(8-11-18)23-22-24(30)19-13-17(27)9-12-21(19)33-25(22)26(31)28(23)14-20(29)15-5-3-2-4-6-15/h2-13,20,23,29H,14H2,1H3. The average Bonchev–Trinajstić information content (AvgIpc) is 3.12. The van der Waals surface area contributed by atoms with Crippen molar-refractivity contribution in [1.82, 2.24) is 4.90 Å². The lowest BCUT2D eigenvalue weighted by atomic mass is 9.98. The molecule has 7 heteroatoms. The number of rotatable bonds is 5. The van der Waals surface area contributed by atoms with Gasteiger partial charge in [0.2, 0.25) is 5.76 Å². The summed E-state index contributed by atoms with van der Waals surface area (Å²) in [5.74, 6) is -0.562. The molecule has 0 fully saturated rings.